The number of hydrogen-bond acceptors (Lipinski definition) is 2. The molecule has 0 aliphatic rings. The smallest absolute Gasteiger partial charge is 0.143 e. The van der Waals surface area contributed by atoms with Crippen molar-refractivity contribution in [1.29, 1.82) is 0 Å². The molecule has 0 spiro atoms. The average molecular weight is 217 g/mol. The molecule has 0 aromatic rings. The first kappa shape index (κ1) is 7.61. The molecule has 0 rings (SSSR count). The van der Waals surface area contributed by atoms with Gasteiger partial charge in [0.1, 0.15) is 23.0 Å². The molecule has 0 aliphatic heterocycles. The summed E-state index contributed by atoms with van der Waals surface area (Å²) in [4.78, 5) is 0. The Balaban J connectivity index is 3.15. The van der Waals surface area contributed by atoms with E-state index in [0.29, 0.717) is 4.59 Å². The molecular formula is C3H10IN2O+. The van der Waals surface area contributed by atoms with Crippen molar-refractivity contribution in [2.45, 2.75) is 0 Å². The molecule has 0 bridgehead atoms. The van der Waals surface area contributed by atoms with Crippen molar-refractivity contribution in [1.82, 2.24) is 5.59 Å². The van der Waals surface area contributed by atoms with Gasteiger partial charge in [-0.25, -0.2) is 4.59 Å². The normalized spacial score (nSPS) is 12.0. The molecule has 0 saturated heterocycles. The quantitative estimate of drug-likeness (QED) is 0.412. The summed E-state index contributed by atoms with van der Waals surface area (Å²) in [7, 11) is 5.91. The Kier molecular flexibility index (Phi) is 3.05. The zero-order valence-electron chi connectivity index (χ0n) is 4.73. The Bertz CT molecular complexity index is 51.4. The van der Waals surface area contributed by atoms with Gasteiger partial charge < -0.3 is 0 Å². The molecule has 0 aliphatic carbocycles. The van der Waals surface area contributed by atoms with Gasteiger partial charge in [0.2, 0.25) is 0 Å². The van der Waals surface area contributed by atoms with Crippen molar-refractivity contribution < 1.29 is 7.76 Å². The second-order valence-corrected chi connectivity index (χ2v) is 2.62. The van der Waals surface area contributed by atoms with Crippen molar-refractivity contribution in [2.75, 3.05) is 21.1 Å². The molecule has 3 nitrogen and oxygen atoms in total. The van der Waals surface area contributed by atoms with E-state index in [2.05, 4.69) is 8.76 Å². The number of halogens is 1. The lowest BCUT2D eigenvalue weighted by Crippen LogP contribution is -2.46. The van der Waals surface area contributed by atoms with Crippen molar-refractivity contribution in [3.63, 3.8) is 0 Å². The fraction of sp³-hybridized carbons (Fsp3) is 1.00. The molecule has 7 heavy (non-hydrogen) atoms. The number of nitrogens with zero attached hydrogens (tertiary/aromatic N) is 1. The molecule has 0 fully saturated rings. The molecule has 4 heteroatoms. The zero-order valence-corrected chi connectivity index (χ0v) is 6.89. The standard InChI is InChI=1S/C3H10IN2O/c1-6(2,3)5-7-4/h5H,1-3H3/q+1. The highest BCUT2D eigenvalue weighted by Crippen LogP contribution is 1.85. The molecule has 0 atom stereocenters. The van der Waals surface area contributed by atoms with Gasteiger partial charge in [-0.3, -0.25) is 0 Å². The van der Waals surface area contributed by atoms with Crippen LogP contribution in [0.1, 0.15) is 0 Å². The number of nitrogens with one attached hydrogen (secondary N) is 1. The highest BCUT2D eigenvalue weighted by molar-refractivity contribution is 14.1. The summed E-state index contributed by atoms with van der Waals surface area (Å²) >= 11 is 1.79. The van der Waals surface area contributed by atoms with Crippen LogP contribution >= 0.6 is 23.0 Å². The summed E-state index contributed by atoms with van der Waals surface area (Å²) in [6.45, 7) is 0. The van der Waals surface area contributed by atoms with Crippen molar-refractivity contribution in [3.05, 3.63) is 0 Å². The van der Waals surface area contributed by atoms with E-state index in [9.17, 15) is 0 Å². The fourth-order valence-electron chi connectivity index (χ4n) is 0.104. The Labute approximate surface area is 57.8 Å². The Morgan fingerprint density at radius 3 is 1.86 bits per heavy atom. The van der Waals surface area contributed by atoms with Gasteiger partial charge in [0.25, 0.3) is 0 Å². The molecule has 1 N–H and O–H groups in total. The van der Waals surface area contributed by atoms with Crippen molar-refractivity contribution in [2.24, 2.45) is 0 Å². The van der Waals surface area contributed by atoms with Crippen LogP contribution in [0.3, 0.4) is 0 Å². The fourth-order valence-corrected chi connectivity index (χ4v) is 0.694. The highest BCUT2D eigenvalue weighted by Gasteiger charge is 2.02. The maximum Gasteiger partial charge on any atom is 0.143 e. The second-order valence-electron chi connectivity index (χ2n) is 2.18. The Morgan fingerprint density at radius 1 is 1.43 bits per heavy atom. The minimum atomic E-state index is 0.614. The minimum absolute atomic E-state index is 0.614. The van der Waals surface area contributed by atoms with Crippen LogP contribution < -0.4 is 5.59 Å². The number of rotatable bonds is 2. The van der Waals surface area contributed by atoms with E-state index in [4.69, 9.17) is 0 Å². The van der Waals surface area contributed by atoms with E-state index in [0.717, 1.165) is 0 Å². The molecule has 0 saturated carbocycles. The van der Waals surface area contributed by atoms with Crippen LogP contribution in [0.4, 0.5) is 0 Å². The van der Waals surface area contributed by atoms with Gasteiger partial charge in [-0.05, 0) is 5.59 Å². The summed E-state index contributed by atoms with van der Waals surface area (Å²) in [6.07, 6.45) is 0. The molecule has 44 valence electrons. The molecule has 0 unspecified atom stereocenters. The van der Waals surface area contributed by atoms with Crippen LogP contribution in [0.5, 0.6) is 0 Å². The van der Waals surface area contributed by atoms with E-state index in [1.807, 2.05) is 21.1 Å². The van der Waals surface area contributed by atoms with Gasteiger partial charge in [-0.1, -0.05) is 0 Å². The third-order valence-corrected chi connectivity index (χ3v) is 0.505. The number of hydrogen-bond donors (Lipinski definition) is 1. The van der Waals surface area contributed by atoms with Crippen LogP contribution in [-0.4, -0.2) is 25.7 Å². The molecule has 0 aromatic heterocycles. The second kappa shape index (κ2) is 2.81. The van der Waals surface area contributed by atoms with Gasteiger partial charge in [-0.2, -0.15) is 3.17 Å². The monoisotopic (exact) mass is 217 g/mol. The average Bonchev–Trinajstić information content (AvgIpc) is 1.30. The van der Waals surface area contributed by atoms with Gasteiger partial charge in [0.15, 0.2) is 0 Å². The maximum atomic E-state index is 4.60. The van der Waals surface area contributed by atoms with E-state index < -0.39 is 0 Å². The van der Waals surface area contributed by atoms with Crippen molar-refractivity contribution >= 4 is 23.0 Å². The van der Waals surface area contributed by atoms with Gasteiger partial charge >= 0.3 is 0 Å². The third kappa shape index (κ3) is 6.61. The largest absolute Gasteiger partial charge is 0.228 e. The van der Waals surface area contributed by atoms with Crippen LogP contribution in [0.2, 0.25) is 0 Å². The summed E-state index contributed by atoms with van der Waals surface area (Å²) in [5.41, 5.74) is 2.71. The van der Waals surface area contributed by atoms with E-state index in [1.165, 1.54) is 0 Å². The first-order chi connectivity index (χ1) is 3.06. The van der Waals surface area contributed by atoms with Crippen LogP contribution in [-0.2, 0) is 3.17 Å². The van der Waals surface area contributed by atoms with Crippen molar-refractivity contribution in [3.8, 4) is 0 Å². The van der Waals surface area contributed by atoms with E-state index in [-0.39, 0.29) is 0 Å². The maximum absolute atomic E-state index is 4.60. The van der Waals surface area contributed by atoms with E-state index >= 15 is 0 Å². The third-order valence-electron chi connectivity index (χ3n) is 0.308. The predicted molar refractivity (Wildman–Crippen MR) is 36.3 cm³/mol. The topological polar surface area (TPSA) is 21.3 Å². The van der Waals surface area contributed by atoms with Gasteiger partial charge in [-0.15, -0.1) is 0 Å². The SMILES string of the molecule is C[N+](C)(C)NOI. The van der Waals surface area contributed by atoms with Crippen LogP contribution in [0.15, 0.2) is 0 Å². The summed E-state index contributed by atoms with van der Waals surface area (Å²) < 4.78 is 5.21. The minimum Gasteiger partial charge on any atom is -0.228 e. The first-order valence-electron chi connectivity index (χ1n) is 1.92. The molecular weight excluding hydrogens is 207 g/mol. The molecule has 0 amide bonds. The summed E-state index contributed by atoms with van der Waals surface area (Å²) in [6, 6.07) is 0. The predicted octanol–water partition coefficient (Wildman–Crippen LogP) is 0.479. The van der Waals surface area contributed by atoms with Crippen LogP contribution in [0.25, 0.3) is 0 Å². The van der Waals surface area contributed by atoms with Gasteiger partial charge in [0, 0.05) is 0 Å². The Hall–Kier alpha value is 0.610. The molecule has 0 aromatic carbocycles. The summed E-state index contributed by atoms with van der Waals surface area (Å²) in [5, 5.41) is 0. The zero-order chi connectivity index (χ0) is 5.91. The van der Waals surface area contributed by atoms with Crippen LogP contribution in [0, 0.1) is 0 Å². The van der Waals surface area contributed by atoms with Gasteiger partial charge in [0.05, 0.1) is 21.1 Å². The lowest BCUT2D eigenvalue weighted by Gasteiger charge is -2.19. The lowest BCUT2D eigenvalue weighted by atomic mass is 10.9. The Morgan fingerprint density at radius 2 is 1.86 bits per heavy atom. The molecule has 0 radical (unpaired) electrons. The summed E-state index contributed by atoms with van der Waals surface area (Å²) in [5.74, 6) is 0. The molecule has 0 heterocycles. The number of quaternary nitrogens is 1. The van der Waals surface area contributed by atoms with E-state index in [1.54, 1.807) is 23.0 Å². The lowest BCUT2D eigenvalue weighted by molar-refractivity contribution is -0.937. The highest BCUT2D eigenvalue weighted by atomic mass is 127. The first-order valence-corrected chi connectivity index (χ1v) is 2.80.